The molecule has 1 unspecified atom stereocenters. The van der Waals surface area contributed by atoms with Crippen molar-refractivity contribution in [1.29, 1.82) is 0 Å². The van der Waals surface area contributed by atoms with Crippen LogP contribution in [0.5, 0.6) is 0 Å². The average Bonchev–Trinajstić information content (AvgIpc) is 3.07. The Balaban J connectivity index is 1.34. The van der Waals surface area contributed by atoms with Gasteiger partial charge in [0.25, 0.3) is 0 Å². The fourth-order valence-electron chi connectivity index (χ4n) is 3.32. The largest absolute Gasteiger partial charge is 0.370 e. The molecule has 3 heterocycles. The van der Waals surface area contributed by atoms with Crippen LogP contribution in [0.1, 0.15) is 12.8 Å². The number of anilines is 1. The summed E-state index contributed by atoms with van der Waals surface area (Å²) in [5, 5.41) is 6.69. The lowest BCUT2D eigenvalue weighted by Crippen LogP contribution is -2.47. The second kappa shape index (κ2) is 8.26. The minimum absolute atomic E-state index is 0.307. The van der Waals surface area contributed by atoms with Crippen LogP contribution in [0.15, 0.2) is 24.4 Å². The molecule has 2 N–H and O–H groups in total. The van der Waals surface area contributed by atoms with Crippen LogP contribution in [0.25, 0.3) is 0 Å². The molecular formula is C17H27N5O. The van der Waals surface area contributed by atoms with Crippen LogP contribution in [-0.4, -0.2) is 73.0 Å². The summed E-state index contributed by atoms with van der Waals surface area (Å²) in [6.45, 7) is 7.60. The van der Waals surface area contributed by atoms with Crippen molar-refractivity contribution in [3.05, 3.63) is 24.4 Å². The maximum atomic E-state index is 12.2. The predicted octanol–water partition coefficient (Wildman–Crippen LogP) is 0.637. The first-order valence-electron chi connectivity index (χ1n) is 8.67. The molecular weight excluding hydrogens is 290 g/mol. The monoisotopic (exact) mass is 317 g/mol. The zero-order chi connectivity index (χ0) is 15.9. The molecule has 2 aliphatic rings. The lowest BCUT2D eigenvalue weighted by molar-refractivity contribution is -0.132. The van der Waals surface area contributed by atoms with Gasteiger partial charge in [-0.15, -0.1) is 0 Å². The number of likely N-dealkylation sites (tertiary alicyclic amines) is 1. The first-order chi connectivity index (χ1) is 11.3. The number of piperazine rings is 1. The van der Waals surface area contributed by atoms with E-state index in [0.717, 1.165) is 58.2 Å². The number of amides is 1. The highest BCUT2D eigenvalue weighted by Crippen LogP contribution is 2.17. The van der Waals surface area contributed by atoms with Gasteiger partial charge in [0.2, 0.25) is 5.91 Å². The van der Waals surface area contributed by atoms with E-state index in [4.69, 9.17) is 0 Å². The topological polar surface area (TPSA) is 60.5 Å². The number of hydrogen-bond donors (Lipinski definition) is 2. The Bertz CT molecular complexity index is 489. The Morgan fingerprint density at radius 3 is 2.96 bits per heavy atom. The van der Waals surface area contributed by atoms with Crippen molar-refractivity contribution in [3.63, 3.8) is 0 Å². The molecule has 0 spiro atoms. The zero-order valence-electron chi connectivity index (χ0n) is 13.7. The van der Waals surface area contributed by atoms with Crippen LogP contribution in [-0.2, 0) is 4.79 Å². The number of rotatable bonds is 6. The Hall–Kier alpha value is -1.66. The third-order valence-electron chi connectivity index (χ3n) is 4.72. The van der Waals surface area contributed by atoms with E-state index in [-0.39, 0.29) is 0 Å². The average molecular weight is 317 g/mol. The number of pyridine rings is 1. The van der Waals surface area contributed by atoms with E-state index in [1.54, 1.807) is 0 Å². The van der Waals surface area contributed by atoms with Gasteiger partial charge in [0.1, 0.15) is 5.82 Å². The third-order valence-corrected chi connectivity index (χ3v) is 4.72. The summed E-state index contributed by atoms with van der Waals surface area (Å²) in [6, 6.07) is 5.93. The van der Waals surface area contributed by atoms with Gasteiger partial charge >= 0.3 is 0 Å². The Morgan fingerprint density at radius 1 is 1.30 bits per heavy atom. The summed E-state index contributed by atoms with van der Waals surface area (Å²) in [5.41, 5.74) is 0. The molecule has 126 valence electrons. The number of hydrogen-bond acceptors (Lipinski definition) is 5. The van der Waals surface area contributed by atoms with Crippen LogP contribution >= 0.6 is 0 Å². The van der Waals surface area contributed by atoms with Crippen LogP contribution in [0.4, 0.5) is 5.82 Å². The van der Waals surface area contributed by atoms with Gasteiger partial charge in [-0.2, -0.15) is 0 Å². The smallest absolute Gasteiger partial charge is 0.223 e. The van der Waals surface area contributed by atoms with E-state index in [1.807, 2.05) is 29.3 Å². The highest BCUT2D eigenvalue weighted by atomic mass is 16.2. The van der Waals surface area contributed by atoms with Gasteiger partial charge in [-0.25, -0.2) is 4.98 Å². The van der Waals surface area contributed by atoms with E-state index < -0.39 is 0 Å². The molecule has 1 aromatic rings. The van der Waals surface area contributed by atoms with E-state index in [2.05, 4.69) is 20.5 Å². The summed E-state index contributed by atoms with van der Waals surface area (Å²) in [6.07, 6.45) is 3.66. The number of nitrogens with zero attached hydrogens (tertiary/aromatic N) is 3. The molecule has 2 aliphatic heterocycles. The SMILES string of the molecule is O=C(CCN1CCC(CNc2ccccn2)C1)N1CCNCC1. The van der Waals surface area contributed by atoms with Crippen molar-refractivity contribution in [3.8, 4) is 0 Å². The predicted molar refractivity (Wildman–Crippen MR) is 91.3 cm³/mol. The number of aromatic nitrogens is 1. The van der Waals surface area contributed by atoms with E-state index in [9.17, 15) is 4.79 Å². The van der Waals surface area contributed by atoms with Crippen LogP contribution in [0.2, 0.25) is 0 Å². The van der Waals surface area contributed by atoms with Gasteiger partial charge in [0.05, 0.1) is 0 Å². The van der Waals surface area contributed by atoms with Gasteiger partial charge in [0.15, 0.2) is 0 Å². The lowest BCUT2D eigenvalue weighted by atomic mass is 10.1. The summed E-state index contributed by atoms with van der Waals surface area (Å²) in [5.74, 6) is 1.90. The molecule has 2 saturated heterocycles. The van der Waals surface area contributed by atoms with Crippen molar-refractivity contribution < 1.29 is 4.79 Å². The molecule has 2 fully saturated rings. The minimum Gasteiger partial charge on any atom is -0.370 e. The standard InChI is InChI=1S/C17H27N5O/c23-17(22-11-7-18-8-12-22)5-10-21-9-4-15(14-21)13-20-16-3-1-2-6-19-16/h1-3,6,15,18H,4-5,7-14H2,(H,19,20). The fourth-order valence-corrected chi connectivity index (χ4v) is 3.32. The maximum absolute atomic E-state index is 12.2. The maximum Gasteiger partial charge on any atom is 0.223 e. The normalized spacial score (nSPS) is 22.3. The van der Waals surface area contributed by atoms with Gasteiger partial charge < -0.3 is 20.4 Å². The molecule has 1 atom stereocenters. The molecule has 1 aromatic heterocycles. The van der Waals surface area contributed by atoms with Crippen molar-refractivity contribution >= 4 is 11.7 Å². The molecule has 6 nitrogen and oxygen atoms in total. The van der Waals surface area contributed by atoms with Gasteiger partial charge in [-0.05, 0) is 31.0 Å². The van der Waals surface area contributed by atoms with Crippen LogP contribution in [0.3, 0.4) is 0 Å². The highest BCUT2D eigenvalue weighted by molar-refractivity contribution is 5.76. The first kappa shape index (κ1) is 16.2. The molecule has 23 heavy (non-hydrogen) atoms. The van der Waals surface area contributed by atoms with Crippen molar-refractivity contribution in [2.45, 2.75) is 12.8 Å². The van der Waals surface area contributed by atoms with E-state index in [1.165, 1.54) is 6.42 Å². The molecule has 0 aromatic carbocycles. The number of nitrogens with one attached hydrogen (secondary N) is 2. The molecule has 1 amide bonds. The minimum atomic E-state index is 0.307. The van der Waals surface area contributed by atoms with Crippen molar-refractivity contribution in [2.24, 2.45) is 5.92 Å². The molecule has 0 radical (unpaired) electrons. The van der Waals surface area contributed by atoms with Gasteiger partial charge in [-0.3, -0.25) is 4.79 Å². The third kappa shape index (κ3) is 4.91. The Morgan fingerprint density at radius 2 is 2.17 bits per heavy atom. The van der Waals surface area contributed by atoms with Gasteiger partial charge in [0, 0.05) is 58.4 Å². The van der Waals surface area contributed by atoms with Crippen LogP contribution in [0, 0.1) is 5.92 Å². The second-order valence-corrected chi connectivity index (χ2v) is 6.43. The molecule has 3 rings (SSSR count). The van der Waals surface area contributed by atoms with Crippen molar-refractivity contribution in [1.82, 2.24) is 20.1 Å². The summed E-state index contributed by atoms with van der Waals surface area (Å²) >= 11 is 0. The summed E-state index contributed by atoms with van der Waals surface area (Å²) < 4.78 is 0. The van der Waals surface area contributed by atoms with E-state index in [0.29, 0.717) is 18.2 Å². The second-order valence-electron chi connectivity index (χ2n) is 6.43. The molecule has 0 bridgehead atoms. The van der Waals surface area contributed by atoms with Crippen LogP contribution < -0.4 is 10.6 Å². The Labute approximate surface area is 138 Å². The first-order valence-corrected chi connectivity index (χ1v) is 8.67. The lowest BCUT2D eigenvalue weighted by Gasteiger charge is -2.28. The Kier molecular flexibility index (Phi) is 5.82. The van der Waals surface area contributed by atoms with Gasteiger partial charge in [-0.1, -0.05) is 6.07 Å². The zero-order valence-corrected chi connectivity index (χ0v) is 13.7. The number of carbonyl (C=O) groups excluding carboxylic acids is 1. The fraction of sp³-hybridized carbons (Fsp3) is 0.647. The summed E-state index contributed by atoms with van der Waals surface area (Å²) in [4.78, 5) is 20.9. The molecule has 0 aliphatic carbocycles. The molecule has 6 heteroatoms. The summed E-state index contributed by atoms with van der Waals surface area (Å²) in [7, 11) is 0. The molecule has 0 saturated carbocycles. The number of carbonyl (C=O) groups is 1. The van der Waals surface area contributed by atoms with E-state index >= 15 is 0 Å². The highest BCUT2D eigenvalue weighted by Gasteiger charge is 2.23. The van der Waals surface area contributed by atoms with Crippen molar-refractivity contribution in [2.75, 3.05) is 57.7 Å². The quantitative estimate of drug-likeness (QED) is 0.806.